The zero-order valence-electron chi connectivity index (χ0n) is 11.6. The number of hydrogen-bond acceptors (Lipinski definition) is 5. The standard InChI is InChI=1S/C13H22N4O2/c1-3-4-8-16(2)9-7-15-12-10-11(14)5-6-13(12)17(18)19/h5-6,10,15H,3-4,7-9,14H2,1-2H3. The van der Waals surface area contributed by atoms with Crippen LogP contribution in [-0.4, -0.2) is 36.5 Å². The minimum atomic E-state index is -0.400. The molecule has 0 unspecified atom stereocenters. The Kier molecular flexibility index (Phi) is 6.08. The van der Waals surface area contributed by atoms with Crippen LogP contribution in [0.15, 0.2) is 18.2 Å². The van der Waals surface area contributed by atoms with E-state index < -0.39 is 4.92 Å². The van der Waals surface area contributed by atoms with E-state index in [1.165, 1.54) is 18.6 Å². The van der Waals surface area contributed by atoms with Gasteiger partial charge in [-0.05, 0) is 32.1 Å². The summed E-state index contributed by atoms with van der Waals surface area (Å²) in [5, 5.41) is 14.0. The van der Waals surface area contributed by atoms with Crippen molar-refractivity contribution in [3.63, 3.8) is 0 Å². The lowest BCUT2D eigenvalue weighted by molar-refractivity contribution is -0.383. The number of benzene rings is 1. The van der Waals surface area contributed by atoms with Crippen molar-refractivity contribution >= 4 is 17.1 Å². The van der Waals surface area contributed by atoms with E-state index in [9.17, 15) is 10.1 Å². The highest BCUT2D eigenvalue weighted by molar-refractivity contribution is 5.67. The Morgan fingerprint density at radius 2 is 2.16 bits per heavy atom. The van der Waals surface area contributed by atoms with Crippen LogP contribution in [0.25, 0.3) is 0 Å². The number of likely N-dealkylation sites (N-methyl/N-ethyl adjacent to an activating group) is 1. The summed E-state index contributed by atoms with van der Waals surface area (Å²) in [4.78, 5) is 12.7. The molecule has 0 aliphatic rings. The minimum Gasteiger partial charge on any atom is -0.399 e. The first-order chi connectivity index (χ1) is 9.04. The van der Waals surface area contributed by atoms with Crippen molar-refractivity contribution in [2.75, 3.05) is 37.7 Å². The molecule has 1 aromatic rings. The van der Waals surface area contributed by atoms with E-state index in [1.54, 1.807) is 6.07 Å². The van der Waals surface area contributed by atoms with Crippen LogP contribution in [-0.2, 0) is 0 Å². The lowest BCUT2D eigenvalue weighted by Gasteiger charge is -2.16. The maximum Gasteiger partial charge on any atom is 0.292 e. The zero-order valence-corrected chi connectivity index (χ0v) is 11.6. The lowest BCUT2D eigenvalue weighted by atomic mass is 10.2. The van der Waals surface area contributed by atoms with Gasteiger partial charge in [0.05, 0.1) is 4.92 Å². The topological polar surface area (TPSA) is 84.4 Å². The van der Waals surface area contributed by atoms with Crippen molar-refractivity contribution in [2.24, 2.45) is 0 Å². The Bertz CT molecular complexity index is 423. The number of nitro benzene ring substituents is 1. The first kappa shape index (κ1) is 15.2. The van der Waals surface area contributed by atoms with Crippen molar-refractivity contribution in [3.05, 3.63) is 28.3 Å². The van der Waals surface area contributed by atoms with Crippen LogP contribution < -0.4 is 11.1 Å². The molecule has 0 heterocycles. The number of nitro groups is 1. The van der Waals surface area contributed by atoms with Crippen LogP contribution in [0.3, 0.4) is 0 Å². The molecule has 0 radical (unpaired) electrons. The summed E-state index contributed by atoms with van der Waals surface area (Å²) in [5.74, 6) is 0. The molecular formula is C13H22N4O2. The van der Waals surface area contributed by atoms with Gasteiger partial charge in [0.15, 0.2) is 0 Å². The quantitative estimate of drug-likeness (QED) is 0.428. The van der Waals surface area contributed by atoms with Gasteiger partial charge in [-0.25, -0.2) is 0 Å². The van der Waals surface area contributed by atoms with Gasteiger partial charge in [0.1, 0.15) is 5.69 Å². The number of anilines is 2. The molecule has 19 heavy (non-hydrogen) atoms. The molecule has 0 aromatic heterocycles. The van der Waals surface area contributed by atoms with E-state index in [2.05, 4.69) is 17.1 Å². The van der Waals surface area contributed by atoms with Gasteiger partial charge in [0.2, 0.25) is 0 Å². The fourth-order valence-electron chi connectivity index (χ4n) is 1.78. The molecule has 106 valence electrons. The van der Waals surface area contributed by atoms with Gasteiger partial charge >= 0.3 is 0 Å². The number of nitrogens with two attached hydrogens (primary N) is 1. The van der Waals surface area contributed by atoms with Crippen molar-refractivity contribution in [1.29, 1.82) is 0 Å². The van der Waals surface area contributed by atoms with Crippen molar-refractivity contribution < 1.29 is 4.92 Å². The highest BCUT2D eigenvalue weighted by Gasteiger charge is 2.13. The molecule has 3 N–H and O–H groups in total. The van der Waals surface area contributed by atoms with Gasteiger partial charge in [-0.2, -0.15) is 0 Å². The third-order valence-electron chi connectivity index (χ3n) is 2.92. The van der Waals surface area contributed by atoms with Crippen LogP contribution in [0, 0.1) is 10.1 Å². The summed E-state index contributed by atoms with van der Waals surface area (Å²) in [6.45, 7) is 4.69. The summed E-state index contributed by atoms with van der Waals surface area (Å²) < 4.78 is 0. The summed E-state index contributed by atoms with van der Waals surface area (Å²) in [6.07, 6.45) is 2.33. The summed E-state index contributed by atoms with van der Waals surface area (Å²) in [5.41, 5.74) is 6.71. The Balaban J connectivity index is 2.52. The van der Waals surface area contributed by atoms with Crippen LogP contribution in [0.2, 0.25) is 0 Å². The molecule has 0 saturated carbocycles. The summed E-state index contributed by atoms with van der Waals surface area (Å²) in [6, 6.07) is 4.57. The zero-order chi connectivity index (χ0) is 14.3. The Labute approximate surface area is 113 Å². The number of unbranched alkanes of at least 4 members (excludes halogenated alkanes) is 1. The second-order valence-corrected chi connectivity index (χ2v) is 4.62. The SMILES string of the molecule is CCCCN(C)CCNc1cc(N)ccc1[N+](=O)[O-]. The van der Waals surface area contributed by atoms with E-state index in [-0.39, 0.29) is 5.69 Å². The molecule has 0 saturated heterocycles. The molecule has 6 nitrogen and oxygen atoms in total. The highest BCUT2D eigenvalue weighted by atomic mass is 16.6. The van der Waals surface area contributed by atoms with E-state index in [4.69, 9.17) is 5.73 Å². The fraction of sp³-hybridized carbons (Fsp3) is 0.538. The van der Waals surface area contributed by atoms with Gasteiger partial charge in [-0.3, -0.25) is 10.1 Å². The Hall–Kier alpha value is -1.82. The van der Waals surface area contributed by atoms with E-state index >= 15 is 0 Å². The smallest absolute Gasteiger partial charge is 0.292 e. The van der Waals surface area contributed by atoms with Crippen molar-refractivity contribution in [1.82, 2.24) is 4.90 Å². The molecular weight excluding hydrogens is 244 g/mol. The van der Waals surface area contributed by atoms with Gasteiger partial charge in [-0.1, -0.05) is 13.3 Å². The molecule has 0 spiro atoms. The predicted molar refractivity (Wildman–Crippen MR) is 78.4 cm³/mol. The van der Waals surface area contributed by atoms with Gasteiger partial charge in [0, 0.05) is 24.8 Å². The van der Waals surface area contributed by atoms with E-state index in [0.717, 1.165) is 19.5 Å². The number of hydrogen-bond donors (Lipinski definition) is 2. The van der Waals surface area contributed by atoms with Gasteiger partial charge in [-0.15, -0.1) is 0 Å². The molecule has 1 aromatic carbocycles. The molecule has 0 aliphatic heterocycles. The second-order valence-electron chi connectivity index (χ2n) is 4.62. The second kappa shape index (κ2) is 7.58. The minimum absolute atomic E-state index is 0.0606. The van der Waals surface area contributed by atoms with Crippen LogP contribution in [0.1, 0.15) is 19.8 Å². The highest BCUT2D eigenvalue weighted by Crippen LogP contribution is 2.26. The van der Waals surface area contributed by atoms with Gasteiger partial charge < -0.3 is 16.0 Å². The molecule has 0 aliphatic carbocycles. The average Bonchev–Trinajstić information content (AvgIpc) is 2.36. The first-order valence-electron chi connectivity index (χ1n) is 6.51. The fourth-order valence-corrected chi connectivity index (χ4v) is 1.78. The third kappa shape index (κ3) is 5.13. The summed E-state index contributed by atoms with van der Waals surface area (Å²) >= 11 is 0. The van der Waals surface area contributed by atoms with Crippen molar-refractivity contribution in [2.45, 2.75) is 19.8 Å². The van der Waals surface area contributed by atoms with Gasteiger partial charge in [0.25, 0.3) is 5.69 Å². The van der Waals surface area contributed by atoms with Crippen molar-refractivity contribution in [3.8, 4) is 0 Å². The number of nitrogens with one attached hydrogen (secondary N) is 1. The summed E-state index contributed by atoms with van der Waals surface area (Å²) in [7, 11) is 2.05. The normalized spacial score (nSPS) is 10.7. The molecule has 6 heteroatoms. The molecule has 0 fully saturated rings. The monoisotopic (exact) mass is 266 g/mol. The van der Waals surface area contributed by atoms with E-state index in [1.807, 2.05) is 7.05 Å². The Morgan fingerprint density at radius 1 is 1.42 bits per heavy atom. The molecule has 0 amide bonds. The Morgan fingerprint density at radius 3 is 2.79 bits per heavy atom. The third-order valence-corrected chi connectivity index (χ3v) is 2.92. The van der Waals surface area contributed by atoms with Crippen LogP contribution >= 0.6 is 0 Å². The molecule has 0 atom stereocenters. The van der Waals surface area contributed by atoms with Crippen LogP contribution in [0.4, 0.5) is 17.1 Å². The van der Waals surface area contributed by atoms with E-state index in [0.29, 0.717) is 17.9 Å². The first-order valence-corrected chi connectivity index (χ1v) is 6.51. The average molecular weight is 266 g/mol. The maximum absolute atomic E-state index is 10.9. The number of rotatable bonds is 8. The predicted octanol–water partition coefficient (Wildman–Crippen LogP) is 2.32. The largest absolute Gasteiger partial charge is 0.399 e. The molecule has 0 bridgehead atoms. The maximum atomic E-state index is 10.9. The van der Waals surface area contributed by atoms with Crippen LogP contribution in [0.5, 0.6) is 0 Å². The number of nitrogen functional groups attached to an aromatic ring is 1. The number of nitrogens with zero attached hydrogens (tertiary/aromatic N) is 2. The molecule has 1 rings (SSSR count). The lowest BCUT2D eigenvalue weighted by Crippen LogP contribution is -2.26.